The third kappa shape index (κ3) is 3.44. The number of nitrogens with zero attached hydrogens (tertiary/aromatic N) is 2. The molecule has 0 saturated heterocycles. The second kappa shape index (κ2) is 7.68. The van der Waals surface area contributed by atoms with E-state index in [9.17, 15) is 4.79 Å². The number of rotatable bonds is 6. The minimum atomic E-state index is -0.272. The van der Waals surface area contributed by atoms with Gasteiger partial charge in [-0.3, -0.25) is 9.69 Å². The van der Waals surface area contributed by atoms with E-state index in [2.05, 4.69) is 4.98 Å². The van der Waals surface area contributed by atoms with Crippen molar-refractivity contribution in [2.45, 2.75) is 13.5 Å². The predicted molar refractivity (Wildman–Crippen MR) is 116 cm³/mol. The number of anilines is 1. The summed E-state index contributed by atoms with van der Waals surface area (Å²) in [5.41, 5.74) is 1.48. The van der Waals surface area contributed by atoms with E-state index in [1.807, 2.05) is 55.5 Å². The molecule has 7 heteroatoms. The van der Waals surface area contributed by atoms with Crippen LogP contribution in [0.2, 0.25) is 0 Å². The van der Waals surface area contributed by atoms with Crippen LogP contribution in [0, 0.1) is 0 Å². The fourth-order valence-corrected chi connectivity index (χ4v) is 4.26. The average Bonchev–Trinajstić information content (AvgIpc) is 3.50. The summed E-state index contributed by atoms with van der Waals surface area (Å²) >= 11 is 1.43. The summed E-state index contributed by atoms with van der Waals surface area (Å²) in [5, 5.41) is 1.45. The van der Waals surface area contributed by atoms with Crippen molar-refractivity contribution >= 4 is 43.6 Å². The van der Waals surface area contributed by atoms with Gasteiger partial charge >= 0.3 is 0 Å². The topological polar surface area (TPSA) is 68.7 Å². The van der Waals surface area contributed by atoms with E-state index in [1.54, 1.807) is 23.3 Å². The number of fused-ring (bicyclic) bond motifs is 2. The molecule has 0 unspecified atom stereocenters. The number of para-hydroxylation sites is 1. The van der Waals surface area contributed by atoms with Crippen molar-refractivity contribution in [1.29, 1.82) is 0 Å². The summed E-state index contributed by atoms with van der Waals surface area (Å²) in [7, 11) is 0. The van der Waals surface area contributed by atoms with Gasteiger partial charge in [0.05, 0.1) is 29.6 Å². The van der Waals surface area contributed by atoms with Crippen molar-refractivity contribution in [1.82, 2.24) is 4.98 Å². The predicted octanol–water partition coefficient (Wildman–Crippen LogP) is 5.88. The summed E-state index contributed by atoms with van der Waals surface area (Å²) < 4.78 is 17.8. The second-order valence-corrected chi connectivity index (χ2v) is 7.69. The molecule has 0 atom stereocenters. The van der Waals surface area contributed by atoms with E-state index in [4.69, 9.17) is 13.6 Å². The van der Waals surface area contributed by atoms with Crippen LogP contribution in [0.15, 0.2) is 75.8 Å². The van der Waals surface area contributed by atoms with Gasteiger partial charge in [0.2, 0.25) is 0 Å². The van der Waals surface area contributed by atoms with Crippen molar-refractivity contribution < 1.29 is 18.4 Å². The van der Waals surface area contributed by atoms with E-state index < -0.39 is 0 Å². The first-order valence-corrected chi connectivity index (χ1v) is 10.4. The first kappa shape index (κ1) is 18.4. The molecule has 0 aliphatic carbocycles. The fourth-order valence-electron chi connectivity index (χ4n) is 3.27. The number of carbonyl (C=O) groups is 1. The Kier molecular flexibility index (Phi) is 4.72. The minimum absolute atomic E-state index is 0.251. The standard InChI is InChI=1S/C23H18N2O4S/c1-2-27-16-9-10-18-21(13-16)30-23(24-18)25(14-17-7-5-11-28-17)22(26)20-12-15-6-3-4-8-19(15)29-20/h3-13H,2,14H2,1H3. The molecule has 0 bridgehead atoms. The lowest BCUT2D eigenvalue weighted by atomic mass is 10.2. The largest absolute Gasteiger partial charge is 0.494 e. The van der Waals surface area contributed by atoms with Gasteiger partial charge < -0.3 is 13.6 Å². The number of amides is 1. The maximum absolute atomic E-state index is 13.4. The highest BCUT2D eigenvalue weighted by Gasteiger charge is 2.25. The summed E-state index contributed by atoms with van der Waals surface area (Å²) in [6, 6.07) is 18.7. The van der Waals surface area contributed by atoms with Crippen LogP contribution in [0.4, 0.5) is 5.13 Å². The van der Waals surface area contributed by atoms with Gasteiger partial charge in [-0.15, -0.1) is 0 Å². The molecule has 0 aliphatic heterocycles. The van der Waals surface area contributed by atoms with Crippen LogP contribution in [0.1, 0.15) is 23.2 Å². The molecule has 3 heterocycles. The van der Waals surface area contributed by atoms with Gasteiger partial charge in [-0.2, -0.15) is 0 Å². The highest BCUT2D eigenvalue weighted by molar-refractivity contribution is 7.22. The smallest absolute Gasteiger partial charge is 0.296 e. The van der Waals surface area contributed by atoms with E-state index in [0.717, 1.165) is 21.4 Å². The van der Waals surface area contributed by atoms with Crippen molar-refractivity contribution in [3.63, 3.8) is 0 Å². The summed E-state index contributed by atoms with van der Waals surface area (Å²) in [6.07, 6.45) is 1.59. The summed E-state index contributed by atoms with van der Waals surface area (Å²) in [6.45, 7) is 2.78. The lowest BCUT2D eigenvalue weighted by Crippen LogP contribution is -2.29. The molecule has 2 aromatic carbocycles. The average molecular weight is 418 g/mol. The van der Waals surface area contributed by atoms with Crippen LogP contribution < -0.4 is 9.64 Å². The molecule has 6 nitrogen and oxygen atoms in total. The molecule has 0 spiro atoms. The van der Waals surface area contributed by atoms with Crippen molar-refractivity contribution in [2.24, 2.45) is 0 Å². The third-order valence-corrected chi connectivity index (χ3v) is 5.71. The number of ether oxygens (including phenoxy) is 1. The van der Waals surface area contributed by atoms with Gasteiger partial charge in [-0.05, 0) is 49.4 Å². The molecule has 3 aromatic heterocycles. The Bertz CT molecular complexity index is 1290. The van der Waals surface area contributed by atoms with Crippen LogP contribution in [0.5, 0.6) is 5.75 Å². The lowest BCUT2D eigenvalue weighted by molar-refractivity contribution is 0.0958. The molecule has 150 valence electrons. The Balaban J connectivity index is 1.56. The molecular weight excluding hydrogens is 400 g/mol. The normalized spacial score (nSPS) is 11.2. The first-order chi connectivity index (χ1) is 14.7. The van der Waals surface area contributed by atoms with E-state index in [0.29, 0.717) is 23.1 Å². The van der Waals surface area contributed by atoms with Crippen LogP contribution in [-0.2, 0) is 6.54 Å². The molecule has 5 aromatic rings. The maximum atomic E-state index is 13.4. The zero-order valence-electron chi connectivity index (χ0n) is 16.2. The Hall–Kier alpha value is -3.58. The molecular formula is C23H18N2O4S. The van der Waals surface area contributed by atoms with Gasteiger partial charge in [-0.25, -0.2) is 4.98 Å². The van der Waals surface area contributed by atoms with Crippen molar-refractivity contribution in [3.8, 4) is 5.75 Å². The molecule has 0 radical (unpaired) electrons. The second-order valence-electron chi connectivity index (χ2n) is 6.68. The molecule has 5 rings (SSSR count). The quantitative estimate of drug-likeness (QED) is 0.344. The number of hydrogen-bond donors (Lipinski definition) is 0. The SMILES string of the molecule is CCOc1ccc2nc(N(Cc3ccco3)C(=O)c3cc4ccccc4o3)sc2c1. The van der Waals surface area contributed by atoms with Gasteiger partial charge in [0, 0.05) is 5.39 Å². The van der Waals surface area contributed by atoms with E-state index in [-0.39, 0.29) is 18.2 Å². The lowest BCUT2D eigenvalue weighted by Gasteiger charge is -2.17. The molecule has 0 aliphatic rings. The Morgan fingerprint density at radius 3 is 2.83 bits per heavy atom. The van der Waals surface area contributed by atoms with Crippen molar-refractivity contribution in [3.05, 3.63) is 78.4 Å². The molecule has 0 fully saturated rings. The first-order valence-electron chi connectivity index (χ1n) is 9.57. The number of aromatic nitrogens is 1. The van der Waals surface area contributed by atoms with Gasteiger partial charge in [0.15, 0.2) is 10.9 Å². The highest BCUT2D eigenvalue weighted by atomic mass is 32.1. The molecule has 0 saturated carbocycles. The van der Waals surface area contributed by atoms with Crippen LogP contribution in [0.25, 0.3) is 21.2 Å². The number of hydrogen-bond acceptors (Lipinski definition) is 6. The summed E-state index contributed by atoms with van der Waals surface area (Å²) in [4.78, 5) is 19.7. The number of carbonyl (C=O) groups excluding carboxylic acids is 1. The Labute approximate surface area is 176 Å². The van der Waals surface area contributed by atoms with Crippen molar-refractivity contribution in [2.75, 3.05) is 11.5 Å². The van der Waals surface area contributed by atoms with Crippen LogP contribution in [0.3, 0.4) is 0 Å². The van der Waals surface area contributed by atoms with Crippen LogP contribution >= 0.6 is 11.3 Å². The van der Waals surface area contributed by atoms with Crippen LogP contribution in [-0.4, -0.2) is 17.5 Å². The molecule has 1 amide bonds. The van der Waals surface area contributed by atoms with Gasteiger partial charge in [0.1, 0.15) is 17.1 Å². The monoisotopic (exact) mass is 418 g/mol. The minimum Gasteiger partial charge on any atom is -0.494 e. The summed E-state index contributed by atoms with van der Waals surface area (Å²) in [5.74, 6) is 1.43. The fraction of sp³-hybridized carbons (Fsp3) is 0.130. The zero-order valence-corrected chi connectivity index (χ0v) is 17.0. The molecule has 0 N–H and O–H groups in total. The van der Waals surface area contributed by atoms with E-state index >= 15 is 0 Å². The Morgan fingerprint density at radius 2 is 2.03 bits per heavy atom. The number of furan rings is 2. The Morgan fingerprint density at radius 1 is 1.13 bits per heavy atom. The molecule has 30 heavy (non-hydrogen) atoms. The van der Waals surface area contributed by atoms with E-state index in [1.165, 1.54) is 11.3 Å². The van der Waals surface area contributed by atoms with Gasteiger partial charge in [0.25, 0.3) is 5.91 Å². The van der Waals surface area contributed by atoms with Gasteiger partial charge in [-0.1, -0.05) is 29.5 Å². The number of benzene rings is 2. The third-order valence-electron chi connectivity index (χ3n) is 4.67. The number of thiazole rings is 1. The highest BCUT2D eigenvalue weighted by Crippen LogP contribution is 2.33. The maximum Gasteiger partial charge on any atom is 0.296 e. The zero-order chi connectivity index (χ0) is 20.5.